The van der Waals surface area contributed by atoms with E-state index in [2.05, 4.69) is 24.5 Å². The fourth-order valence-electron chi connectivity index (χ4n) is 1.42. The van der Waals surface area contributed by atoms with Crippen molar-refractivity contribution >= 4 is 17.8 Å². The van der Waals surface area contributed by atoms with Crippen LogP contribution in [-0.4, -0.2) is 13.0 Å². The van der Waals surface area contributed by atoms with E-state index in [4.69, 9.17) is 0 Å². The molecule has 0 saturated heterocycles. The van der Waals surface area contributed by atoms with Gasteiger partial charge in [-0.05, 0) is 36.6 Å². The van der Waals surface area contributed by atoms with Crippen LogP contribution in [0.3, 0.4) is 0 Å². The van der Waals surface area contributed by atoms with Crippen molar-refractivity contribution in [3.8, 4) is 0 Å². The molecule has 1 atom stereocenters. The van der Waals surface area contributed by atoms with Gasteiger partial charge in [-0.2, -0.15) is 0 Å². The summed E-state index contributed by atoms with van der Waals surface area (Å²) in [7, 11) is 0. The van der Waals surface area contributed by atoms with Crippen LogP contribution in [0.4, 0.5) is 11.4 Å². The largest absolute Gasteiger partial charge is 0.385 e. The summed E-state index contributed by atoms with van der Waals surface area (Å²) in [5.41, 5.74) is 1.92. The minimum absolute atomic E-state index is 0.686. The zero-order valence-electron chi connectivity index (χ0n) is 9.99. The molecular formula is C13H20N2O. The molecule has 0 aliphatic heterocycles. The zero-order valence-corrected chi connectivity index (χ0v) is 9.99. The third-order valence-corrected chi connectivity index (χ3v) is 2.77. The van der Waals surface area contributed by atoms with Gasteiger partial charge >= 0.3 is 0 Å². The van der Waals surface area contributed by atoms with Crippen molar-refractivity contribution < 1.29 is 4.79 Å². The van der Waals surface area contributed by atoms with Crippen LogP contribution < -0.4 is 10.6 Å². The number of carbonyl (C=O) groups is 1. The molecule has 88 valence electrons. The number of hydrogen-bond donors (Lipinski definition) is 2. The summed E-state index contributed by atoms with van der Waals surface area (Å²) in [6.07, 6.45) is 3.10. The van der Waals surface area contributed by atoms with Gasteiger partial charge in [0.05, 0.1) is 0 Å². The number of anilines is 2. The van der Waals surface area contributed by atoms with Gasteiger partial charge in [0.1, 0.15) is 0 Å². The number of hydrogen-bond acceptors (Lipinski definition) is 2. The number of amides is 1. The highest BCUT2D eigenvalue weighted by molar-refractivity contribution is 5.72. The molecule has 1 aromatic rings. The first-order chi connectivity index (χ1) is 7.76. The van der Waals surface area contributed by atoms with Crippen LogP contribution in [0.15, 0.2) is 24.3 Å². The number of benzene rings is 1. The number of rotatable bonds is 7. The summed E-state index contributed by atoms with van der Waals surface area (Å²) in [5, 5.41) is 5.97. The maximum absolute atomic E-state index is 10.2. The van der Waals surface area contributed by atoms with Crippen LogP contribution in [0.1, 0.15) is 26.7 Å². The Balaban J connectivity index is 2.34. The summed E-state index contributed by atoms with van der Waals surface area (Å²) in [5.74, 6) is 0.767. The predicted molar refractivity (Wildman–Crippen MR) is 68.7 cm³/mol. The van der Waals surface area contributed by atoms with Crippen LogP contribution in [0.25, 0.3) is 0 Å². The lowest BCUT2D eigenvalue weighted by molar-refractivity contribution is -0.105. The Morgan fingerprint density at radius 1 is 1.25 bits per heavy atom. The molecule has 3 heteroatoms. The van der Waals surface area contributed by atoms with Gasteiger partial charge in [-0.3, -0.25) is 4.79 Å². The molecule has 16 heavy (non-hydrogen) atoms. The zero-order chi connectivity index (χ0) is 11.8. The molecule has 0 heterocycles. The van der Waals surface area contributed by atoms with Crippen molar-refractivity contribution in [2.75, 3.05) is 17.2 Å². The number of carbonyl (C=O) groups excluding carboxylic acids is 1. The van der Waals surface area contributed by atoms with Crippen LogP contribution in [0, 0.1) is 5.92 Å². The highest BCUT2D eigenvalue weighted by Crippen LogP contribution is 2.13. The second kappa shape index (κ2) is 6.88. The standard InChI is InChI=1S/C13H20N2O/c1-3-11(2)8-9-14-12-4-6-13(7-5-12)15-10-16/h4-7,10-11,14H,3,8-9H2,1-2H3,(H,15,16). The summed E-state index contributed by atoms with van der Waals surface area (Å²) in [6, 6.07) is 7.73. The molecular weight excluding hydrogens is 200 g/mol. The second-order valence-corrected chi connectivity index (χ2v) is 4.07. The van der Waals surface area contributed by atoms with Crippen molar-refractivity contribution in [3.63, 3.8) is 0 Å². The monoisotopic (exact) mass is 220 g/mol. The van der Waals surface area contributed by atoms with Crippen LogP contribution >= 0.6 is 0 Å². The van der Waals surface area contributed by atoms with E-state index in [9.17, 15) is 4.79 Å². The summed E-state index contributed by atoms with van der Waals surface area (Å²) in [4.78, 5) is 10.2. The van der Waals surface area contributed by atoms with Crippen molar-refractivity contribution in [2.24, 2.45) is 5.92 Å². The lowest BCUT2D eigenvalue weighted by Crippen LogP contribution is -2.06. The van der Waals surface area contributed by atoms with Gasteiger partial charge in [-0.1, -0.05) is 20.3 Å². The normalized spacial score (nSPS) is 11.9. The van der Waals surface area contributed by atoms with Gasteiger partial charge in [-0.25, -0.2) is 0 Å². The van der Waals surface area contributed by atoms with Crippen molar-refractivity contribution in [1.82, 2.24) is 0 Å². The first-order valence-corrected chi connectivity index (χ1v) is 5.80. The van der Waals surface area contributed by atoms with Crippen LogP contribution in [0.5, 0.6) is 0 Å². The molecule has 1 amide bonds. The lowest BCUT2D eigenvalue weighted by Gasteiger charge is -2.10. The van der Waals surface area contributed by atoms with E-state index in [0.29, 0.717) is 6.41 Å². The van der Waals surface area contributed by atoms with Crippen LogP contribution in [-0.2, 0) is 4.79 Å². The summed E-state index contributed by atoms with van der Waals surface area (Å²) >= 11 is 0. The highest BCUT2D eigenvalue weighted by Gasteiger charge is 1.98. The molecule has 0 radical (unpaired) electrons. The van der Waals surface area contributed by atoms with Gasteiger partial charge in [0.25, 0.3) is 0 Å². The van der Waals surface area contributed by atoms with Gasteiger partial charge in [0, 0.05) is 17.9 Å². The van der Waals surface area contributed by atoms with Gasteiger partial charge in [0.2, 0.25) is 6.41 Å². The van der Waals surface area contributed by atoms with E-state index in [1.807, 2.05) is 24.3 Å². The Morgan fingerprint density at radius 2 is 1.88 bits per heavy atom. The predicted octanol–water partition coefficient (Wildman–Crippen LogP) is 3.10. The smallest absolute Gasteiger partial charge is 0.211 e. The van der Waals surface area contributed by atoms with Crippen LogP contribution in [0.2, 0.25) is 0 Å². The molecule has 0 aromatic heterocycles. The van der Waals surface area contributed by atoms with Gasteiger partial charge in [0.15, 0.2) is 0 Å². The SMILES string of the molecule is CCC(C)CCNc1ccc(NC=O)cc1. The van der Waals surface area contributed by atoms with Crippen molar-refractivity contribution in [1.29, 1.82) is 0 Å². The Kier molecular flexibility index (Phi) is 5.40. The molecule has 0 aliphatic rings. The molecule has 1 unspecified atom stereocenters. The third-order valence-electron chi connectivity index (χ3n) is 2.77. The molecule has 0 saturated carbocycles. The van der Waals surface area contributed by atoms with E-state index < -0.39 is 0 Å². The molecule has 3 nitrogen and oxygen atoms in total. The Hall–Kier alpha value is -1.51. The first-order valence-electron chi connectivity index (χ1n) is 5.80. The maximum atomic E-state index is 10.2. The fraction of sp³-hybridized carbons (Fsp3) is 0.462. The molecule has 0 spiro atoms. The second-order valence-electron chi connectivity index (χ2n) is 4.07. The number of nitrogens with one attached hydrogen (secondary N) is 2. The minimum atomic E-state index is 0.686. The van der Waals surface area contributed by atoms with E-state index in [0.717, 1.165) is 23.8 Å². The average Bonchev–Trinajstić information content (AvgIpc) is 2.31. The molecule has 2 N–H and O–H groups in total. The Bertz CT molecular complexity index is 308. The molecule has 0 aliphatic carbocycles. The topological polar surface area (TPSA) is 41.1 Å². The van der Waals surface area contributed by atoms with E-state index in [1.54, 1.807) is 0 Å². The average molecular weight is 220 g/mol. The highest BCUT2D eigenvalue weighted by atomic mass is 16.1. The van der Waals surface area contributed by atoms with Crippen molar-refractivity contribution in [3.05, 3.63) is 24.3 Å². The minimum Gasteiger partial charge on any atom is -0.385 e. The Labute approximate surface area is 97.2 Å². The molecule has 0 fully saturated rings. The quantitative estimate of drug-likeness (QED) is 0.693. The van der Waals surface area contributed by atoms with E-state index >= 15 is 0 Å². The Morgan fingerprint density at radius 3 is 2.44 bits per heavy atom. The first kappa shape index (κ1) is 12.6. The molecule has 1 rings (SSSR count). The summed E-state index contributed by atoms with van der Waals surface area (Å²) < 4.78 is 0. The maximum Gasteiger partial charge on any atom is 0.211 e. The van der Waals surface area contributed by atoms with Gasteiger partial charge in [-0.15, -0.1) is 0 Å². The van der Waals surface area contributed by atoms with E-state index in [-0.39, 0.29) is 0 Å². The summed E-state index contributed by atoms with van der Waals surface area (Å²) in [6.45, 7) is 5.47. The fourth-order valence-corrected chi connectivity index (χ4v) is 1.42. The third kappa shape index (κ3) is 4.34. The van der Waals surface area contributed by atoms with E-state index in [1.165, 1.54) is 12.8 Å². The van der Waals surface area contributed by atoms with Crippen molar-refractivity contribution in [2.45, 2.75) is 26.7 Å². The van der Waals surface area contributed by atoms with Gasteiger partial charge < -0.3 is 10.6 Å². The molecule has 1 aromatic carbocycles. The lowest BCUT2D eigenvalue weighted by atomic mass is 10.1. The molecule has 0 bridgehead atoms.